The summed E-state index contributed by atoms with van der Waals surface area (Å²) in [5, 5.41) is 21.7. The van der Waals surface area contributed by atoms with E-state index in [1.165, 1.54) is 21.9 Å². The SMILES string of the molecule is Cc1nnc([C@H]2Cc3ccccc3CN2C[C@@H](O)Cc2ccc3ccccc3c2)o1. The maximum absolute atomic E-state index is 10.9. The third-order valence-corrected chi connectivity index (χ3v) is 5.90. The molecule has 1 aromatic heterocycles. The predicted molar refractivity (Wildman–Crippen MR) is 116 cm³/mol. The molecule has 1 aliphatic rings. The van der Waals surface area contributed by atoms with Crippen molar-refractivity contribution in [2.24, 2.45) is 0 Å². The molecule has 1 N–H and O–H groups in total. The second kappa shape index (κ2) is 8.01. The minimum Gasteiger partial charge on any atom is -0.424 e. The van der Waals surface area contributed by atoms with Gasteiger partial charge in [-0.3, -0.25) is 4.90 Å². The average Bonchev–Trinajstić information content (AvgIpc) is 3.19. The number of aliphatic hydroxyl groups excluding tert-OH is 1. The number of rotatable bonds is 5. The average molecular weight is 399 g/mol. The van der Waals surface area contributed by atoms with Crippen LogP contribution in [0, 0.1) is 6.92 Å². The highest BCUT2D eigenvalue weighted by Crippen LogP contribution is 2.33. The minimum atomic E-state index is -0.483. The Labute approximate surface area is 176 Å². The highest BCUT2D eigenvalue weighted by molar-refractivity contribution is 5.83. The molecule has 0 amide bonds. The number of fused-ring (bicyclic) bond motifs is 2. The van der Waals surface area contributed by atoms with E-state index >= 15 is 0 Å². The molecule has 0 saturated heterocycles. The normalized spacial score (nSPS) is 17.7. The van der Waals surface area contributed by atoms with E-state index in [9.17, 15) is 5.11 Å². The van der Waals surface area contributed by atoms with Crippen molar-refractivity contribution in [2.45, 2.75) is 38.5 Å². The molecule has 0 radical (unpaired) electrons. The van der Waals surface area contributed by atoms with Crippen LogP contribution in [0.15, 0.2) is 71.1 Å². The van der Waals surface area contributed by atoms with Crippen LogP contribution in [0.2, 0.25) is 0 Å². The van der Waals surface area contributed by atoms with Gasteiger partial charge in [-0.1, -0.05) is 66.7 Å². The largest absolute Gasteiger partial charge is 0.424 e. The Morgan fingerprint density at radius 3 is 2.57 bits per heavy atom. The lowest BCUT2D eigenvalue weighted by molar-refractivity contribution is 0.0653. The van der Waals surface area contributed by atoms with E-state index in [2.05, 4.69) is 69.7 Å². The predicted octanol–water partition coefficient (Wildman–Crippen LogP) is 4.23. The van der Waals surface area contributed by atoms with Crippen molar-refractivity contribution in [1.82, 2.24) is 15.1 Å². The summed E-state index contributed by atoms with van der Waals surface area (Å²) in [6.07, 6.45) is 0.932. The molecule has 0 spiro atoms. The number of β-amino-alcohol motifs (C(OH)–C–C–N with tert-alkyl or cyclic N) is 1. The second-order valence-electron chi connectivity index (χ2n) is 8.12. The summed E-state index contributed by atoms with van der Waals surface area (Å²) in [4.78, 5) is 2.26. The number of hydrogen-bond donors (Lipinski definition) is 1. The fourth-order valence-corrected chi connectivity index (χ4v) is 4.43. The fraction of sp³-hybridized carbons (Fsp3) is 0.280. The molecule has 5 heteroatoms. The molecule has 5 nitrogen and oxygen atoms in total. The first-order valence-corrected chi connectivity index (χ1v) is 10.4. The minimum absolute atomic E-state index is 0.0210. The maximum atomic E-state index is 10.9. The number of aromatic nitrogens is 2. The van der Waals surface area contributed by atoms with Crippen molar-refractivity contribution in [3.05, 3.63) is 95.2 Å². The quantitative estimate of drug-likeness (QED) is 0.544. The number of nitrogens with zero attached hydrogens (tertiary/aromatic N) is 3. The third-order valence-electron chi connectivity index (χ3n) is 5.90. The summed E-state index contributed by atoms with van der Waals surface area (Å²) in [5.74, 6) is 1.19. The first kappa shape index (κ1) is 19.0. The van der Waals surface area contributed by atoms with Gasteiger partial charge in [0.15, 0.2) is 0 Å². The molecule has 0 fully saturated rings. The highest BCUT2D eigenvalue weighted by Gasteiger charge is 2.32. The smallest absolute Gasteiger partial charge is 0.233 e. The van der Waals surface area contributed by atoms with Crippen LogP contribution >= 0.6 is 0 Å². The molecular weight excluding hydrogens is 374 g/mol. The zero-order valence-corrected chi connectivity index (χ0v) is 17.0. The van der Waals surface area contributed by atoms with Crippen molar-refractivity contribution in [2.75, 3.05) is 6.54 Å². The Hall–Kier alpha value is -3.02. The van der Waals surface area contributed by atoms with Crippen molar-refractivity contribution in [3.8, 4) is 0 Å². The number of aliphatic hydroxyl groups is 1. The zero-order valence-electron chi connectivity index (χ0n) is 17.0. The first-order chi connectivity index (χ1) is 14.7. The van der Waals surface area contributed by atoms with Crippen LogP contribution in [-0.4, -0.2) is 32.9 Å². The molecule has 4 aromatic rings. The molecule has 2 atom stereocenters. The molecule has 0 saturated carbocycles. The van der Waals surface area contributed by atoms with Gasteiger partial charge in [0.2, 0.25) is 11.8 Å². The number of benzene rings is 3. The standard InChI is InChI=1S/C25H25N3O2/c1-17-26-27-25(30-17)24-14-21-8-4-5-9-22(21)15-28(24)16-23(29)13-18-10-11-19-6-2-3-7-20(19)12-18/h2-12,23-24,29H,13-16H2,1H3/t23-,24+/m0/s1. The van der Waals surface area contributed by atoms with Crippen LogP contribution in [0.1, 0.15) is 34.5 Å². The summed E-state index contributed by atoms with van der Waals surface area (Å²) in [6, 6.07) is 23.2. The number of aryl methyl sites for hydroxylation is 1. The van der Waals surface area contributed by atoms with Gasteiger partial charge in [0, 0.05) is 20.0 Å². The molecule has 152 valence electrons. The molecule has 5 rings (SSSR count). The van der Waals surface area contributed by atoms with E-state index in [-0.39, 0.29) is 6.04 Å². The molecule has 30 heavy (non-hydrogen) atoms. The van der Waals surface area contributed by atoms with Gasteiger partial charge in [-0.2, -0.15) is 0 Å². The van der Waals surface area contributed by atoms with Gasteiger partial charge < -0.3 is 9.52 Å². The van der Waals surface area contributed by atoms with Gasteiger partial charge >= 0.3 is 0 Å². The summed E-state index contributed by atoms with van der Waals surface area (Å²) in [5.41, 5.74) is 3.74. The summed E-state index contributed by atoms with van der Waals surface area (Å²) in [7, 11) is 0. The molecule has 2 heterocycles. The van der Waals surface area contributed by atoms with Gasteiger partial charge in [0.05, 0.1) is 12.1 Å². The van der Waals surface area contributed by atoms with Gasteiger partial charge in [0.25, 0.3) is 0 Å². The topological polar surface area (TPSA) is 62.4 Å². The van der Waals surface area contributed by atoms with Crippen molar-refractivity contribution < 1.29 is 9.52 Å². The third kappa shape index (κ3) is 3.86. The molecule has 0 bridgehead atoms. The molecule has 3 aromatic carbocycles. The van der Waals surface area contributed by atoms with Crippen LogP contribution in [0.3, 0.4) is 0 Å². The van der Waals surface area contributed by atoms with E-state index in [0.29, 0.717) is 24.7 Å². The van der Waals surface area contributed by atoms with Crippen molar-refractivity contribution in [3.63, 3.8) is 0 Å². The van der Waals surface area contributed by atoms with Crippen LogP contribution in [0.5, 0.6) is 0 Å². The summed E-state index contributed by atoms with van der Waals surface area (Å²) < 4.78 is 5.77. The van der Waals surface area contributed by atoms with E-state index in [4.69, 9.17) is 4.42 Å². The second-order valence-corrected chi connectivity index (χ2v) is 8.12. The molecule has 0 aliphatic carbocycles. The summed E-state index contributed by atoms with van der Waals surface area (Å²) in [6.45, 7) is 3.12. The van der Waals surface area contributed by atoms with Crippen LogP contribution in [-0.2, 0) is 19.4 Å². The van der Waals surface area contributed by atoms with Gasteiger partial charge in [-0.15, -0.1) is 10.2 Å². The summed E-state index contributed by atoms with van der Waals surface area (Å²) >= 11 is 0. The number of hydrogen-bond acceptors (Lipinski definition) is 5. The Morgan fingerprint density at radius 1 is 1.00 bits per heavy atom. The van der Waals surface area contributed by atoms with E-state index in [0.717, 1.165) is 18.5 Å². The molecule has 1 aliphatic heterocycles. The van der Waals surface area contributed by atoms with Crippen molar-refractivity contribution >= 4 is 10.8 Å². The molecule has 0 unspecified atom stereocenters. The van der Waals surface area contributed by atoms with Gasteiger partial charge in [-0.05, 0) is 40.3 Å². The lowest BCUT2D eigenvalue weighted by Gasteiger charge is -2.36. The first-order valence-electron chi connectivity index (χ1n) is 10.4. The Morgan fingerprint density at radius 2 is 1.77 bits per heavy atom. The molecular formula is C25H25N3O2. The van der Waals surface area contributed by atoms with Crippen molar-refractivity contribution in [1.29, 1.82) is 0 Å². The van der Waals surface area contributed by atoms with E-state index in [1.54, 1.807) is 0 Å². The Kier molecular flexibility index (Phi) is 5.07. The van der Waals surface area contributed by atoms with Crippen LogP contribution in [0.25, 0.3) is 10.8 Å². The highest BCUT2D eigenvalue weighted by atomic mass is 16.4. The van der Waals surface area contributed by atoms with E-state index in [1.807, 2.05) is 19.1 Å². The Balaban J connectivity index is 1.36. The maximum Gasteiger partial charge on any atom is 0.233 e. The van der Waals surface area contributed by atoms with E-state index < -0.39 is 6.10 Å². The fourth-order valence-electron chi connectivity index (χ4n) is 4.43. The van der Waals surface area contributed by atoms with Gasteiger partial charge in [0.1, 0.15) is 0 Å². The lowest BCUT2D eigenvalue weighted by Crippen LogP contribution is -2.40. The van der Waals surface area contributed by atoms with Crippen LogP contribution < -0.4 is 0 Å². The zero-order chi connectivity index (χ0) is 20.5. The van der Waals surface area contributed by atoms with Gasteiger partial charge in [-0.25, -0.2) is 0 Å². The lowest BCUT2D eigenvalue weighted by atomic mass is 9.93. The van der Waals surface area contributed by atoms with Crippen LogP contribution in [0.4, 0.5) is 0 Å². The Bertz CT molecular complexity index is 1170. The monoisotopic (exact) mass is 399 g/mol.